The fraction of sp³-hybridized carbons (Fsp3) is 1.00. The van der Waals surface area contributed by atoms with Gasteiger partial charge in [-0.3, -0.25) is 5.28 Å². The first-order valence-corrected chi connectivity index (χ1v) is 3.47. The molecule has 0 aromatic carbocycles. The van der Waals surface area contributed by atoms with Crippen LogP contribution < -0.4 is 0 Å². The molecule has 0 amide bonds. The molecule has 1 saturated heterocycles. The van der Waals surface area contributed by atoms with Gasteiger partial charge < -0.3 is 10.3 Å². The van der Waals surface area contributed by atoms with Gasteiger partial charge in [-0.15, -0.1) is 4.91 Å². The van der Waals surface area contributed by atoms with Gasteiger partial charge in [0.1, 0.15) is 0 Å². The monoisotopic (exact) mass is 160 g/mol. The Morgan fingerprint density at radius 2 is 2.55 bits per heavy atom. The van der Waals surface area contributed by atoms with Crippen LogP contribution in [0, 0.1) is 10.1 Å². The van der Waals surface area contributed by atoms with E-state index in [9.17, 15) is 10.1 Å². The molecule has 0 unspecified atom stereocenters. The van der Waals surface area contributed by atoms with Crippen LogP contribution in [0.25, 0.3) is 0 Å². The van der Waals surface area contributed by atoms with E-state index < -0.39 is 0 Å². The standard InChI is InChI=1S/C5H10N3O3/c9-4-5-2-1-3-7(5)8(11)6-10/h5,9H,1-4H2/q-1/t5-/m0/s1. The van der Waals surface area contributed by atoms with Crippen molar-refractivity contribution in [2.75, 3.05) is 13.2 Å². The van der Waals surface area contributed by atoms with Gasteiger partial charge in [-0.2, -0.15) is 0 Å². The van der Waals surface area contributed by atoms with E-state index in [0.717, 1.165) is 12.8 Å². The lowest BCUT2D eigenvalue weighted by Crippen LogP contribution is -2.40. The Morgan fingerprint density at radius 3 is 3.09 bits per heavy atom. The van der Waals surface area contributed by atoms with E-state index in [2.05, 4.69) is 5.29 Å². The molecule has 1 aliphatic heterocycles. The van der Waals surface area contributed by atoms with Crippen molar-refractivity contribution in [2.45, 2.75) is 18.9 Å². The van der Waals surface area contributed by atoms with E-state index >= 15 is 0 Å². The van der Waals surface area contributed by atoms with Crippen molar-refractivity contribution in [1.82, 2.24) is 10.3 Å². The third kappa shape index (κ3) is 1.65. The zero-order chi connectivity index (χ0) is 8.27. The SMILES string of the molecule is O=NN([O-])N1CCC[C@H]1CO. The quantitative estimate of drug-likeness (QED) is 0.458. The summed E-state index contributed by atoms with van der Waals surface area (Å²) < 4.78 is 0. The molecule has 1 fully saturated rings. The highest BCUT2D eigenvalue weighted by Crippen LogP contribution is 2.18. The van der Waals surface area contributed by atoms with E-state index in [4.69, 9.17) is 5.11 Å². The molecule has 0 radical (unpaired) electrons. The highest BCUT2D eigenvalue weighted by Gasteiger charge is 2.24. The smallest absolute Gasteiger partial charge is 0.0605 e. The molecular weight excluding hydrogens is 150 g/mol. The fourth-order valence-electron chi connectivity index (χ4n) is 1.28. The highest BCUT2D eigenvalue weighted by molar-refractivity contribution is 4.75. The molecule has 0 aromatic heterocycles. The number of hydrogen-bond donors (Lipinski definition) is 1. The first-order valence-electron chi connectivity index (χ1n) is 3.47. The summed E-state index contributed by atoms with van der Waals surface area (Å²) in [6, 6.07) is -0.231. The predicted octanol–water partition coefficient (Wildman–Crippen LogP) is -0.161. The Bertz CT molecular complexity index is 143. The van der Waals surface area contributed by atoms with E-state index in [-0.39, 0.29) is 17.9 Å². The van der Waals surface area contributed by atoms with E-state index in [1.165, 1.54) is 5.01 Å². The van der Waals surface area contributed by atoms with Crippen molar-refractivity contribution in [3.63, 3.8) is 0 Å². The van der Waals surface area contributed by atoms with Crippen LogP contribution in [0.5, 0.6) is 0 Å². The lowest BCUT2D eigenvalue weighted by atomic mass is 10.2. The van der Waals surface area contributed by atoms with Gasteiger partial charge in [-0.1, -0.05) is 0 Å². The number of hydrogen-bond acceptors (Lipinski definition) is 5. The summed E-state index contributed by atoms with van der Waals surface area (Å²) in [7, 11) is 0. The first-order chi connectivity index (χ1) is 5.29. The zero-order valence-electron chi connectivity index (χ0n) is 6.01. The largest absolute Gasteiger partial charge is 0.724 e. The highest BCUT2D eigenvalue weighted by atomic mass is 16.6. The van der Waals surface area contributed by atoms with Gasteiger partial charge in [0, 0.05) is 6.54 Å². The molecule has 1 aliphatic rings. The van der Waals surface area contributed by atoms with Crippen LogP contribution in [0.1, 0.15) is 12.8 Å². The van der Waals surface area contributed by atoms with Crippen LogP contribution in [0.2, 0.25) is 0 Å². The second-order valence-electron chi connectivity index (χ2n) is 2.48. The molecule has 0 aromatic rings. The molecule has 1 N–H and O–H groups in total. The van der Waals surface area contributed by atoms with Gasteiger partial charge in [0.2, 0.25) is 0 Å². The maximum Gasteiger partial charge on any atom is 0.0605 e. The first kappa shape index (κ1) is 8.38. The number of aliphatic hydroxyl groups excluding tert-OH is 1. The molecule has 11 heavy (non-hydrogen) atoms. The lowest BCUT2D eigenvalue weighted by molar-refractivity contribution is -0.0109. The molecule has 64 valence electrons. The van der Waals surface area contributed by atoms with Gasteiger partial charge in [0.05, 0.1) is 17.9 Å². The fourth-order valence-corrected chi connectivity index (χ4v) is 1.28. The van der Waals surface area contributed by atoms with Crippen LogP contribution in [0.15, 0.2) is 5.29 Å². The van der Waals surface area contributed by atoms with Crippen molar-refractivity contribution >= 4 is 0 Å². The van der Waals surface area contributed by atoms with Crippen LogP contribution in [-0.2, 0) is 0 Å². The predicted molar refractivity (Wildman–Crippen MR) is 37.8 cm³/mol. The number of hydrazine groups is 1. The number of aliphatic hydroxyl groups is 1. The number of rotatable bonds is 3. The molecule has 0 aliphatic carbocycles. The van der Waals surface area contributed by atoms with E-state index in [1.54, 1.807) is 0 Å². The van der Waals surface area contributed by atoms with Crippen LogP contribution in [0.3, 0.4) is 0 Å². The molecule has 6 nitrogen and oxygen atoms in total. The Balaban J connectivity index is 2.48. The summed E-state index contributed by atoms with van der Waals surface area (Å²) in [5, 5.41) is 22.8. The summed E-state index contributed by atoms with van der Waals surface area (Å²) in [6.07, 6.45) is 1.56. The number of nitroso groups, excluding NO2 is 1. The topological polar surface area (TPSA) is 79.2 Å². The van der Waals surface area contributed by atoms with Gasteiger partial charge in [-0.25, -0.2) is 5.01 Å². The molecule has 6 heteroatoms. The minimum atomic E-state index is -0.231. The summed E-state index contributed by atoms with van der Waals surface area (Å²) in [4.78, 5) is 9.79. The second-order valence-corrected chi connectivity index (χ2v) is 2.48. The summed E-state index contributed by atoms with van der Waals surface area (Å²) in [5.74, 6) is 0. The Labute approximate surface area is 63.9 Å². The van der Waals surface area contributed by atoms with E-state index in [0.29, 0.717) is 6.54 Å². The lowest BCUT2D eigenvalue weighted by Gasteiger charge is -2.34. The molecule has 0 bridgehead atoms. The van der Waals surface area contributed by atoms with Gasteiger partial charge >= 0.3 is 0 Å². The number of nitrogens with zero attached hydrogens (tertiary/aromatic N) is 3. The van der Waals surface area contributed by atoms with Crippen LogP contribution in [-0.4, -0.2) is 34.6 Å². The third-order valence-electron chi connectivity index (χ3n) is 1.85. The molecule has 1 atom stereocenters. The summed E-state index contributed by atoms with van der Waals surface area (Å²) in [6.45, 7) is 0.398. The second kappa shape index (κ2) is 3.61. The van der Waals surface area contributed by atoms with Gasteiger partial charge in [0.15, 0.2) is 0 Å². The zero-order valence-corrected chi connectivity index (χ0v) is 6.01. The van der Waals surface area contributed by atoms with Crippen LogP contribution >= 0.6 is 0 Å². The summed E-state index contributed by atoms with van der Waals surface area (Å²) in [5.41, 5.74) is 0. The maximum absolute atomic E-state index is 10.6. The Hall–Kier alpha value is -0.720. The van der Waals surface area contributed by atoms with Crippen molar-refractivity contribution < 1.29 is 5.11 Å². The van der Waals surface area contributed by atoms with Gasteiger partial charge in [-0.05, 0) is 12.8 Å². The average molecular weight is 160 g/mol. The van der Waals surface area contributed by atoms with Crippen molar-refractivity contribution in [3.8, 4) is 0 Å². The minimum Gasteiger partial charge on any atom is -0.724 e. The third-order valence-corrected chi connectivity index (χ3v) is 1.85. The van der Waals surface area contributed by atoms with Crippen molar-refractivity contribution in [1.29, 1.82) is 0 Å². The normalized spacial score (nSPS) is 25.5. The maximum atomic E-state index is 10.6. The molecule has 1 heterocycles. The Morgan fingerprint density at radius 1 is 1.82 bits per heavy atom. The Kier molecular flexibility index (Phi) is 2.75. The molecular formula is C5H10N3O3-. The average Bonchev–Trinajstić information content (AvgIpc) is 2.50. The molecule has 0 saturated carbocycles. The summed E-state index contributed by atoms with van der Waals surface area (Å²) >= 11 is 0. The van der Waals surface area contributed by atoms with Gasteiger partial charge in [0.25, 0.3) is 0 Å². The van der Waals surface area contributed by atoms with Crippen LogP contribution in [0.4, 0.5) is 0 Å². The van der Waals surface area contributed by atoms with E-state index in [1.807, 2.05) is 0 Å². The van der Waals surface area contributed by atoms with Crippen molar-refractivity contribution in [2.24, 2.45) is 5.29 Å². The molecule has 0 spiro atoms. The molecule has 1 rings (SSSR count). The van der Waals surface area contributed by atoms with Crippen molar-refractivity contribution in [3.05, 3.63) is 10.1 Å². The minimum absolute atomic E-state index is 0.00782.